The maximum absolute atomic E-state index is 6.67. The molecule has 19 heavy (non-hydrogen) atoms. The lowest BCUT2D eigenvalue weighted by atomic mass is 9.90. The Hall–Kier alpha value is -0.210. The molecule has 0 bridgehead atoms. The van der Waals surface area contributed by atoms with Crippen molar-refractivity contribution in [3.8, 4) is 5.75 Å². The Balaban J connectivity index is 2.10. The molecule has 3 unspecified atom stereocenters. The van der Waals surface area contributed by atoms with Gasteiger partial charge in [0.05, 0.1) is 16.5 Å². The maximum atomic E-state index is 6.67. The highest BCUT2D eigenvalue weighted by atomic mass is 79.9. The molecule has 0 N–H and O–H groups in total. The second-order valence-corrected chi connectivity index (χ2v) is 6.84. The number of rotatable bonds is 5. The number of alkyl halides is 1. The minimum absolute atomic E-state index is 0.119. The predicted octanol–water partition coefficient (Wildman–Crippen LogP) is 5.95. The lowest BCUT2D eigenvalue weighted by Crippen LogP contribution is -2.11. The van der Waals surface area contributed by atoms with Gasteiger partial charge in [0.2, 0.25) is 0 Å². The van der Waals surface area contributed by atoms with Crippen LogP contribution >= 0.6 is 27.5 Å². The summed E-state index contributed by atoms with van der Waals surface area (Å²) in [7, 11) is 0. The highest BCUT2D eigenvalue weighted by molar-refractivity contribution is 9.10. The standard InChI is InChI=1S/C16H22BrClO/c1-3-9-19-15-8-7-12(10-14(15)17)16(18)13-6-4-5-11(13)2/h7-8,10-11,13,16H,3-6,9H2,1-2H3. The lowest BCUT2D eigenvalue weighted by Gasteiger charge is -2.22. The summed E-state index contributed by atoms with van der Waals surface area (Å²) in [6.07, 6.45) is 4.90. The molecule has 0 radical (unpaired) electrons. The van der Waals surface area contributed by atoms with E-state index in [2.05, 4.69) is 41.9 Å². The van der Waals surface area contributed by atoms with E-state index in [-0.39, 0.29) is 5.38 Å². The zero-order valence-corrected chi connectivity index (χ0v) is 14.0. The highest BCUT2D eigenvalue weighted by Crippen LogP contribution is 2.44. The van der Waals surface area contributed by atoms with Gasteiger partial charge >= 0.3 is 0 Å². The van der Waals surface area contributed by atoms with Crippen molar-refractivity contribution in [1.82, 2.24) is 0 Å². The third kappa shape index (κ3) is 3.66. The summed E-state index contributed by atoms with van der Waals surface area (Å²) in [5, 5.41) is 0.119. The van der Waals surface area contributed by atoms with Crippen molar-refractivity contribution in [2.45, 2.75) is 44.9 Å². The van der Waals surface area contributed by atoms with Crippen molar-refractivity contribution in [1.29, 1.82) is 0 Å². The average molecular weight is 346 g/mol. The second kappa shape index (κ2) is 6.99. The van der Waals surface area contributed by atoms with Crippen molar-refractivity contribution in [2.75, 3.05) is 6.61 Å². The SMILES string of the molecule is CCCOc1ccc(C(Cl)C2CCCC2C)cc1Br. The fourth-order valence-corrected chi connectivity index (χ4v) is 3.89. The Morgan fingerprint density at radius 3 is 2.79 bits per heavy atom. The fourth-order valence-electron chi connectivity index (χ4n) is 2.87. The first kappa shape index (κ1) is 15.2. The Labute approximate surface area is 129 Å². The van der Waals surface area contributed by atoms with Gasteiger partial charge in [0.15, 0.2) is 0 Å². The molecule has 1 aliphatic carbocycles. The van der Waals surface area contributed by atoms with Gasteiger partial charge in [0.1, 0.15) is 5.75 Å². The van der Waals surface area contributed by atoms with Crippen LogP contribution in [0.1, 0.15) is 50.5 Å². The summed E-state index contributed by atoms with van der Waals surface area (Å²) >= 11 is 10.3. The zero-order chi connectivity index (χ0) is 13.8. The lowest BCUT2D eigenvalue weighted by molar-refractivity contribution is 0.315. The minimum atomic E-state index is 0.119. The quantitative estimate of drug-likeness (QED) is 0.599. The predicted molar refractivity (Wildman–Crippen MR) is 85.0 cm³/mol. The molecular formula is C16H22BrClO. The minimum Gasteiger partial charge on any atom is -0.492 e. The van der Waals surface area contributed by atoms with E-state index in [4.69, 9.17) is 16.3 Å². The van der Waals surface area contributed by atoms with E-state index in [1.54, 1.807) is 0 Å². The Morgan fingerprint density at radius 1 is 1.42 bits per heavy atom. The smallest absolute Gasteiger partial charge is 0.133 e. The zero-order valence-electron chi connectivity index (χ0n) is 11.7. The molecule has 1 saturated carbocycles. The van der Waals surface area contributed by atoms with Gasteiger partial charge in [-0.25, -0.2) is 0 Å². The molecule has 0 aliphatic heterocycles. The van der Waals surface area contributed by atoms with Crippen LogP contribution in [0.15, 0.2) is 22.7 Å². The van der Waals surface area contributed by atoms with Crippen LogP contribution < -0.4 is 4.74 Å². The molecule has 1 aromatic rings. The molecule has 106 valence electrons. The first-order valence-corrected chi connectivity index (χ1v) is 8.42. The Morgan fingerprint density at radius 2 is 2.21 bits per heavy atom. The monoisotopic (exact) mass is 344 g/mol. The van der Waals surface area contributed by atoms with Gasteiger partial charge < -0.3 is 4.74 Å². The molecule has 3 atom stereocenters. The van der Waals surface area contributed by atoms with E-state index in [0.29, 0.717) is 5.92 Å². The van der Waals surface area contributed by atoms with Crippen molar-refractivity contribution in [2.24, 2.45) is 11.8 Å². The number of benzene rings is 1. The van der Waals surface area contributed by atoms with Crippen LogP contribution in [-0.2, 0) is 0 Å². The number of hydrogen-bond donors (Lipinski definition) is 0. The molecule has 1 aliphatic rings. The van der Waals surface area contributed by atoms with Gasteiger partial charge in [0, 0.05) is 0 Å². The van der Waals surface area contributed by atoms with E-state index in [1.807, 2.05) is 6.07 Å². The summed E-state index contributed by atoms with van der Waals surface area (Å²) in [6, 6.07) is 6.26. The normalized spacial score (nSPS) is 24.4. The van der Waals surface area contributed by atoms with E-state index in [1.165, 1.54) is 24.8 Å². The molecule has 3 heteroatoms. The average Bonchev–Trinajstić information content (AvgIpc) is 2.82. The van der Waals surface area contributed by atoms with Crippen LogP contribution in [0.4, 0.5) is 0 Å². The Bertz CT molecular complexity index is 421. The summed E-state index contributed by atoms with van der Waals surface area (Å²) in [5.74, 6) is 2.25. The molecule has 0 heterocycles. The molecular weight excluding hydrogens is 324 g/mol. The second-order valence-electron chi connectivity index (χ2n) is 5.51. The van der Waals surface area contributed by atoms with Crippen LogP contribution in [0.2, 0.25) is 0 Å². The van der Waals surface area contributed by atoms with E-state index < -0.39 is 0 Å². The Kier molecular flexibility index (Phi) is 5.58. The summed E-state index contributed by atoms with van der Waals surface area (Å²) < 4.78 is 6.69. The molecule has 0 spiro atoms. The maximum Gasteiger partial charge on any atom is 0.133 e. The molecule has 1 aromatic carbocycles. The number of hydrogen-bond acceptors (Lipinski definition) is 1. The van der Waals surface area contributed by atoms with E-state index in [9.17, 15) is 0 Å². The van der Waals surface area contributed by atoms with Gasteiger partial charge in [-0.1, -0.05) is 32.8 Å². The fraction of sp³-hybridized carbons (Fsp3) is 0.625. The van der Waals surface area contributed by atoms with Gasteiger partial charge in [-0.05, 0) is 58.3 Å². The summed E-state index contributed by atoms with van der Waals surface area (Å²) in [5.41, 5.74) is 1.20. The highest BCUT2D eigenvalue weighted by Gasteiger charge is 2.30. The molecule has 0 saturated heterocycles. The number of ether oxygens (including phenoxy) is 1. The molecule has 0 aromatic heterocycles. The van der Waals surface area contributed by atoms with Gasteiger partial charge in [0.25, 0.3) is 0 Å². The molecule has 1 nitrogen and oxygen atoms in total. The van der Waals surface area contributed by atoms with Gasteiger partial charge in [-0.2, -0.15) is 0 Å². The molecule has 2 rings (SSSR count). The van der Waals surface area contributed by atoms with Gasteiger partial charge in [-0.3, -0.25) is 0 Å². The van der Waals surface area contributed by atoms with Gasteiger partial charge in [-0.15, -0.1) is 11.6 Å². The van der Waals surface area contributed by atoms with Crippen molar-refractivity contribution >= 4 is 27.5 Å². The van der Waals surface area contributed by atoms with Crippen LogP contribution in [0.5, 0.6) is 5.75 Å². The van der Waals surface area contributed by atoms with Crippen molar-refractivity contribution in [3.05, 3.63) is 28.2 Å². The topological polar surface area (TPSA) is 9.23 Å². The number of halogens is 2. The van der Waals surface area contributed by atoms with Crippen LogP contribution in [0.25, 0.3) is 0 Å². The first-order chi connectivity index (χ1) is 9.13. The summed E-state index contributed by atoms with van der Waals surface area (Å²) in [4.78, 5) is 0. The van der Waals surface area contributed by atoms with E-state index in [0.717, 1.165) is 29.2 Å². The van der Waals surface area contributed by atoms with Crippen LogP contribution in [-0.4, -0.2) is 6.61 Å². The molecule has 0 amide bonds. The summed E-state index contributed by atoms with van der Waals surface area (Å²) in [6.45, 7) is 5.18. The third-order valence-corrected chi connectivity index (χ3v) is 5.24. The third-order valence-electron chi connectivity index (χ3n) is 4.04. The first-order valence-electron chi connectivity index (χ1n) is 7.19. The van der Waals surface area contributed by atoms with Crippen molar-refractivity contribution < 1.29 is 4.74 Å². The van der Waals surface area contributed by atoms with Crippen LogP contribution in [0.3, 0.4) is 0 Å². The van der Waals surface area contributed by atoms with Crippen LogP contribution in [0, 0.1) is 11.8 Å². The largest absolute Gasteiger partial charge is 0.492 e. The van der Waals surface area contributed by atoms with Crippen molar-refractivity contribution in [3.63, 3.8) is 0 Å². The molecule has 1 fully saturated rings. The van der Waals surface area contributed by atoms with E-state index >= 15 is 0 Å².